The Hall–Kier alpha value is -8.98. The molecule has 0 amide bonds. The highest BCUT2D eigenvalue weighted by atomic mass is 15.1. The number of hydrogen-bond donors (Lipinski definition) is 0. The van der Waals surface area contributed by atoms with Gasteiger partial charge in [-0.05, 0) is 133 Å². The molecular weight excluding hydrogens is 821 g/mol. The maximum atomic E-state index is 2.40. The van der Waals surface area contributed by atoms with Crippen LogP contribution in [0.1, 0.15) is 0 Å². The van der Waals surface area contributed by atoms with Crippen LogP contribution >= 0.6 is 0 Å². The van der Waals surface area contributed by atoms with Gasteiger partial charge in [-0.1, -0.05) is 212 Å². The van der Waals surface area contributed by atoms with Gasteiger partial charge in [-0.3, -0.25) is 0 Å². The van der Waals surface area contributed by atoms with Crippen molar-refractivity contribution in [3.8, 4) is 72.4 Å². The van der Waals surface area contributed by atoms with Crippen LogP contribution in [0.3, 0.4) is 0 Å². The number of rotatable bonds is 10. The summed E-state index contributed by atoms with van der Waals surface area (Å²) in [7, 11) is 0. The van der Waals surface area contributed by atoms with Crippen molar-refractivity contribution in [2.45, 2.75) is 0 Å². The van der Waals surface area contributed by atoms with E-state index in [1.54, 1.807) is 0 Å². The summed E-state index contributed by atoms with van der Waals surface area (Å²) in [6.45, 7) is 0. The minimum atomic E-state index is 1.08. The van der Waals surface area contributed by atoms with Crippen molar-refractivity contribution in [3.05, 3.63) is 279 Å². The number of aromatic nitrogens is 1. The molecule has 0 saturated heterocycles. The molecule has 0 radical (unpaired) electrons. The third kappa shape index (κ3) is 7.64. The number of anilines is 3. The number of benzene rings is 11. The van der Waals surface area contributed by atoms with E-state index in [9.17, 15) is 0 Å². The molecule has 0 N–H and O–H groups in total. The zero-order valence-corrected chi connectivity index (χ0v) is 37.5. The highest BCUT2D eigenvalue weighted by molar-refractivity contribution is 6.11. The molecule has 12 aromatic rings. The Balaban J connectivity index is 0.979. The quantitative estimate of drug-likeness (QED) is 0.133. The lowest BCUT2D eigenvalue weighted by atomic mass is 9.89. The maximum absolute atomic E-state index is 2.40. The van der Waals surface area contributed by atoms with Crippen LogP contribution in [0.5, 0.6) is 0 Å². The topological polar surface area (TPSA) is 8.17 Å². The zero-order valence-electron chi connectivity index (χ0n) is 37.5. The molecule has 2 nitrogen and oxygen atoms in total. The first-order chi connectivity index (χ1) is 33.7. The number of fused-ring (bicyclic) bond motifs is 3. The predicted molar refractivity (Wildman–Crippen MR) is 288 cm³/mol. The molecule has 0 saturated carbocycles. The van der Waals surface area contributed by atoms with Crippen molar-refractivity contribution in [2.24, 2.45) is 0 Å². The van der Waals surface area contributed by atoms with Gasteiger partial charge in [0.1, 0.15) is 0 Å². The van der Waals surface area contributed by atoms with Crippen LogP contribution in [0.4, 0.5) is 17.1 Å². The van der Waals surface area contributed by atoms with Gasteiger partial charge in [-0.25, -0.2) is 0 Å². The van der Waals surface area contributed by atoms with Crippen LogP contribution in [-0.2, 0) is 0 Å². The van der Waals surface area contributed by atoms with Crippen molar-refractivity contribution in [3.63, 3.8) is 0 Å². The smallest absolute Gasteiger partial charge is 0.0547 e. The van der Waals surface area contributed by atoms with Gasteiger partial charge in [0.15, 0.2) is 0 Å². The van der Waals surface area contributed by atoms with Crippen LogP contribution in [-0.4, -0.2) is 4.57 Å². The Morgan fingerprint density at radius 2 is 0.632 bits per heavy atom. The summed E-state index contributed by atoms with van der Waals surface area (Å²) in [5, 5.41) is 2.46. The van der Waals surface area contributed by atoms with Gasteiger partial charge >= 0.3 is 0 Å². The van der Waals surface area contributed by atoms with Crippen LogP contribution < -0.4 is 4.90 Å². The van der Waals surface area contributed by atoms with Crippen molar-refractivity contribution >= 4 is 38.9 Å². The predicted octanol–water partition coefficient (Wildman–Crippen LogP) is 18.3. The minimum Gasteiger partial charge on any atom is -0.310 e. The zero-order chi connectivity index (χ0) is 45.2. The van der Waals surface area contributed by atoms with Crippen LogP contribution in [0, 0.1) is 0 Å². The first-order valence-electron chi connectivity index (χ1n) is 23.3. The van der Waals surface area contributed by atoms with Gasteiger partial charge in [0.05, 0.1) is 11.0 Å². The fourth-order valence-corrected chi connectivity index (χ4v) is 9.90. The molecule has 11 aromatic carbocycles. The Bertz CT molecular complexity index is 3670. The molecule has 0 spiro atoms. The highest BCUT2D eigenvalue weighted by Crippen LogP contribution is 2.44. The summed E-state index contributed by atoms with van der Waals surface area (Å²) in [5.41, 5.74) is 21.0. The first-order valence-corrected chi connectivity index (χ1v) is 23.3. The van der Waals surface area contributed by atoms with Gasteiger partial charge in [-0.2, -0.15) is 0 Å². The van der Waals surface area contributed by atoms with E-state index in [4.69, 9.17) is 0 Å². The van der Waals surface area contributed by atoms with E-state index in [2.05, 4.69) is 289 Å². The Labute approximate surface area is 397 Å². The minimum absolute atomic E-state index is 1.08. The van der Waals surface area contributed by atoms with Gasteiger partial charge in [-0.15, -0.1) is 0 Å². The average molecular weight is 867 g/mol. The molecule has 0 aliphatic carbocycles. The van der Waals surface area contributed by atoms with E-state index in [-0.39, 0.29) is 0 Å². The van der Waals surface area contributed by atoms with Crippen LogP contribution in [0.25, 0.3) is 94.3 Å². The molecule has 1 aromatic heterocycles. The van der Waals surface area contributed by atoms with E-state index >= 15 is 0 Å². The Morgan fingerprint density at radius 3 is 1.24 bits per heavy atom. The molecule has 0 atom stereocenters. The SMILES string of the molecule is c1ccc(-c2ccc(N(c3ccc(-c4ccc5c(c4)c4ccc(-c6ccccc6)cc4n5-c4ccccc4)cc3)c3ccc(-c4ccccc4-c4ccccc4)c(-c4ccccc4)c3)cc2)cc1. The summed E-state index contributed by atoms with van der Waals surface area (Å²) in [4.78, 5) is 2.39. The number of nitrogens with zero attached hydrogens (tertiary/aromatic N) is 2. The van der Waals surface area contributed by atoms with Gasteiger partial charge in [0.25, 0.3) is 0 Å². The number of hydrogen-bond acceptors (Lipinski definition) is 1. The second-order valence-corrected chi connectivity index (χ2v) is 17.3. The monoisotopic (exact) mass is 866 g/mol. The largest absolute Gasteiger partial charge is 0.310 e. The van der Waals surface area contributed by atoms with Crippen molar-refractivity contribution in [1.82, 2.24) is 4.57 Å². The molecule has 12 rings (SSSR count). The summed E-state index contributed by atoms with van der Waals surface area (Å²) >= 11 is 0. The second kappa shape index (κ2) is 17.8. The normalized spacial score (nSPS) is 11.2. The summed E-state index contributed by atoms with van der Waals surface area (Å²) in [6, 6.07) is 101. The molecule has 1 heterocycles. The molecule has 2 heteroatoms. The van der Waals surface area contributed by atoms with E-state index in [1.165, 1.54) is 83.0 Å². The maximum Gasteiger partial charge on any atom is 0.0547 e. The van der Waals surface area contributed by atoms with E-state index in [0.717, 1.165) is 28.3 Å². The summed E-state index contributed by atoms with van der Waals surface area (Å²) in [6.07, 6.45) is 0. The van der Waals surface area contributed by atoms with E-state index in [1.807, 2.05) is 0 Å². The van der Waals surface area contributed by atoms with Crippen molar-refractivity contribution in [2.75, 3.05) is 4.90 Å². The second-order valence-electron chi connectivity index (χ2n) is 17.3. The lowest BCUT2D eigenvalue weighted by Gasteiger charge is -2.27. The molecular formula is C66H46N2. The lowest BCUT2D eigenvalue weighted by Crippen LogP contribution is -2.10. The van der Waals surface area contributed by atoms with E-state index < -0.39 is 0 Å². The van der Waals surface area contributed by atoms with Crippen LogP contribution in [0.15, 0.2) is 279 Å². The fourth-order valence-electron chi connectivity index (χ4n) is 9.90. The molecule has 0 fully saturated rings. The number of para-hydroxylation sites is 1. The molecule has 0 bridgehead atoms. The first kappa shape index (κ1) is 40.5. The highest BCUT2D eigenvalue weighted by Gasteiger charge is 2.20. The third-order valence-electron chi connectivity index (χ3n) is 13.2. The lowest BCUT2D eigenvalue weighted by molar-refractivity contribution is 1.18. The summed E-state index contributed by atoms with van der Waals surface area (Å²) in [5.74, 6) is 0. The Morgan fingerprint density at radius 1 is 0.221 bits per heavy atom. The molecule has 0 aliphatic heterocycles. The van der Waals surface area contributed by atoms with E-state index in [0.29, 0.717) is 0 Å². The van der Waals surface area contributed by atoms with Gasteiger partial charge in [0.2, 0.25) is 0 Å². The van der Waals surface area contributed by atoms with Crippen molar-refractivity contribution < 1.29 is 0 Å². The molecule has 0 unspecified atom stereocenters. The summed E-state index contributed by atoms with van der Waals surface area (Å²) < 4.78 is 2.40. The van der Waals surface area contributed by atoms with Gasteiger partial charge < -0.3 is 9.47 Å². The average Bonchev–Trinajstić information content (AvgIpc) is 3.75. The molecule has 0 aliphatic rings. The Kier molecular flexibility index (Phi) is 10.6. The van der Waals surface area contributed by atoms with Crippen LogP contribution in [0.2, 0.25) is 0 Å². The fraction of sp³-hybridized carbons (Fsp3) is 0. The standard InChI is InChI=1S/C66H46N2/c1-6-18-47(19-7-1)49-30-36-56(37-31-49)67(58-40-42-61(63(46-58)52-24-12-4-13-25-52)60-29-17-16-28-59(60)51-22-10-3-11-23-51)57-38-32-50(33-39-57)53-35-43-65-64(44-53)62-41-34-54(48-20-8-2-9-21-48)45-66(62)68(65)55-26-14-5-15-27-55/h1-46H. The molecule has 320 valence electrons. The third-order valence-corrected chi connectivity index (χ3v) is 13.2. The molecule has 68 heavy (non-hydrogen) atoms. The van der Waals surface area contributed by atoms with Crippen molar-refractivity contribution in [1.29, 1.82) is 0 Å². The van der Waals surface area contributed by atoms with Gasteiger partial charge in [0, 0.05) is 33.5 Å².